The molecule has 128 valence electrons. The second kappa shape index (κ2) is 11.2. The van der Waals surface area contributed by atoms with Crippen molar-refractivity contribution < 1.29 is 0 Å². The van der Waals surface area contributed by atoms with E-state index in [1.807, 2.05) is 0 Å². The first kappa shape index (κ1) is 19.6. The van der Waals surface area contributed by atoms with Gasteiger partial charge in [0.1, 0.15) is 5.82 Å². The normalized spacial score (nSPS) is 9.32. The maximum atomic E-state index is 8.81. The van der Waals surface area contributed by atoms with Crippen LogP contribution in [0.15, 0.2) is 0 Å². The summed E-state index contributed by atoms with van der Waals surface area (Å²) < 4.78 is 0. The number of nitrogens with zero attached hydrogens (tertiary/aromatic N) is 9. The number of anilines is 2. The summed E-state index contributed by atoms with van der Waals surface area (Å²) in [5, 5.41) is 35.3. The zero-order valence-corrected chi connectivity index (χ0v) is 14.2. The van der Waals surface area contributed by atoms with Crippen LogP contribution in [0.3, 0.4) is 0 Å². The first-order chi connectivity index (χ1) is 12.2. The lowest BCUT2D eigenvalue weighted by atomic mass is 10.3. The molecule has 9 heteroatoms. The van der Waals surface area contributed by atoms with Gasteiger partial charge in [-0.05, 0) is 6.92 Å². The Bertz CT molecular complexity index is 623. The molecule has 0 aliphatic heterocycles. The number of hydrogen-bond acceptors (Lipinski definition) is 9. The van der Waals surface area contributed by atoms with Gasteiger partial charge in [-0.3, -0.25) is 0 Å². The van der Waals surface area contributed by atoms with E-state index in [1.54, 1.807) is 16.7 Å². The third kappa shape index (κ3) is 6.69. The van der Waals surface area contributed by atoms with Gasteiger partial charge in [-0.2, -0.15) is 36.0 Å². The summed E-state index contributed by atoms with van der Waals surface area (Å²) in [6.45, 7) is 3.39. The molecule has 0 saturated heterocycles. The van der Waals surface area contributed by atoms with Crippen molar-refractivity contribution in [1.29, 1.82) is 21.0 Å². The second-order valence-electron chi connectivity index (χ2n) is 5.09. The van der Waals surface area contributed by atoms with Gasteiger partial charge in [0.25, 0.3) is 0 Å². The summed E-state index contributed by atoms with van der Waals surface area (Å²) in [6.07, 6.45) is 1.16. The maximum Gasteiger partial charge on any atom is 0.230 e. The number of hydrogen-bond donors (Lipinski definition) is 0. The average molecular weight is 337 g/mol. The van der Waals surface area contributed by atoms with E-state index in [2.05, 4.69) is 39.2 Å². The number of rotatable bonds is 10. The van der Waals surface area contributed by atoms with Crippen molar-refractivity contribution in [3.05, 3.63) is 5.82 Å². The average Bonchev–Trinajstić information content (AvgIpc) is 2.61. The highest BCUT2D eigenvalue weighted by molar-refractivity contribution is 5.39. The molecule has 0 aromatic carbocycles. The topological polar surface area (TPSA) is 140 Å². The summed E-state index contributed by atoms with van der Waals surface area (Å²) in [4.78, 5) is 16.6. The fourth-order valence-electron chi connectivity index (χ4n) is 2.10. The predicted molar refractivity (Wildman–Crippen MR) is 89.9 cm³/mol. The molecule has 0 amide bonds. The molecule has 0 bridgehead atoms. The van der Waals surface area contributed by atoms with Gasteiger partial charge in [-0.25, -0.2) is 0 Å². The lowest BCUT2D eigenvalue weighted by Gasteiger charge is -2.24. The quantitative estimate of drug-likeness (QED) is 0.620. The van der Waals surface area contributed by atoms with Crippen LogP contribution in [0, 0.1) is 52.2 Å². The van der Waals surface area contributed by atoms with Crippen LogP contribution in [0.4, 0.5) is 11.9 Å². The molecule has 1 heterocycles. The van der Waals surface area contributed by atoms with Crippen molar-refractivity contribution in [2.75, 3.05) is 36.0 Å². The smallest absolute Gasteiger partial charge is 0.230 e. The van der Waals surface area contributed by atoms with Crippen LogP contribution in [0.1, 0.15) is 31.5 Å². The van der Waals surface area contributed by atoms with Crippen molar-refractivity contribution in [1.82, 2.24) is 15.0 Å². The van der Waals surface area contributed by atoms with Gasteiger partial charge in [-0.1, -0.05) is 0 Å². The summed E-state index contributed by atoms with van der Waals surface area (Å²) in [7, 11) is 0. The van der Waals surface area contributed by atoms with Crippen molar-refractivity contribution in [2.24, 2.45) is 0 Å². The maximum absolute atomic E-state index is 8.81. The molecular formula is C16H19N9. The van der Waals surface area contributed by atoms with E-state index in [0.717, 1.165) is 0 Å². The first-order valence-electron chi connectivity index (χ1n) is 7.86. The molecule has 0 N–H and O–H groups in total. The Morgan fingerprint density at radius 3 is 1.24 bits per heavy atom. The lowest BCUT2D eigenvalue weighted by molar-refractivity contribution is 0.723. The zero-order chi connectivity index (χ0) is 18.5. The molecule has 1 rings (SSSR count). The molecule has 0 atom stereocenters. The van der Waals surface area contributed by atoms with Crippen molar-refractivity contribution in [3.63, 3.8) is 0 Å². The molecule has 0 fully saturated rings. The van der Waals surface area contributed by atoms with Gasteiger partial charge in [-0.15, -0.1) is 0 Å². The van der Waals surface area contributed by atoms with Crippen LogP contribution in [-0.4, -0.2) is 41.1 Å². The van der Waals surface area contributed by atoms with E-state index in [9.17, 15) is 0 Å². The van der Waals surface area contributed by atoms with E-state index < -0.39 is 0 Å². The number of aryl methyl sites for hydroxylation is 1. The third-order valence-corrected chi connectivity index (χ3v) is 3.26. The highest BCUT2D eigenvalue weighted by atomic mass is 15.3. The van der Waals surface area contributed by atoms with Gasteiger partial charge < -0.3 is 9.80 Å². The molecule has 1 aromatic rings. The van der Waals surface area contributed by atoms with Crippen LogP contribution < -0.4 is 9.80 Å². The Labute approximate surface area is 147 Å². The van der Waals surface area contributed by atoms with Gasteiger partial charge in [0.2, 0.25) is 11.9 Å². The Morgan fingerprint density at radius 1 is 0.640 bits per heavy atom. The van der Waals surface area contributed by atoms with Crippen LogP contribution in [0.2, 0.25) is 0 Å². The molecule has 0 aliphatic carbocycles. The van der Waals surface area contributed by atoms with E-state index >= 15 is 0 Å². The zero-order valence-electron chi connectivity index (χ0n) is 14.2. The van der Waals surface area contributed by atoms with E-state index in [1.165, 1.54) is 0 Å². The monoisotopic (exact) mass is 337 g/mol. The fraction of sp³-hybridized carbons (Fsp3) is 0.562. The fourth-order valence-corrected chi connectivity index (χ4v) is 2.10. The Kier molecular flexibility index (Phi) is 8.76. The highest BCUT2D eigenvalue weighted by Gasteiger charge is 2.16. The largest absolute Gasteiger partial charge is 0.339 e. The minimum absolute atomic E-state index is 0.290. The van der Waals surface area contributed by atoms with Gasteiger partial charge in [0.15, 0.2) is 0 Å². The highest BCUT2D eigenvalue weighted by Crippen LogP contribution is 2.15. The van der Waals surface area contributed by atoms with Crippen LogP contribution in [-0.2, 0) is 0 Å². The van der Waals surface area contributed by atoms with Crippen LogP contribution in [0.5, 0.6) is 0 Å². The third-order valence-electron chi connectivity index (χ3n) is 3.26. The molecule has 1 aromatic heterocycles. The van der Waals surface area contributed by atoms with E-state index in [-0.39, 0.29) is 25.7 Å². The second-order valence-corrected chi connectivity index (χ2v) is 5.09. The molecule has 0 unspecified atom stereocenters. The Morgan fingerprint density at radius 2 is 0.960 bits per heavy atom. The minimum Gasteiger partial charge on any atom is -0.339 e. The van der Waals surface area contributed by atoms with Gasteiger partial charge in [0, 0.05) is 26.2 Å². The van der Waals surface area contributed by atoms with Gasteiger partial charge >= 0.3 is 0 Å². The molecular weight excluding hydrogens is 318 g/mol. The van der Waals surface area contributed by atoms with Crippen LogP contribution >= 0.6 is 0 Å². The minimum atomic E-state index is 0.290. The molecule has 9 nitrogen and oxygen atoms in total. The Balaban J connectivity index is 3.12. The number of aromatic nitrogens is 3. The molecule has 0 aliphatic rings. The summed E-state index contributed by atoms with van der Waals surface area (Å²) in [5.41, 5.74) is 0. The summed E-state index contributed by atoms with van der Waals surface area (Å²) in [6, 6.07) is 8.30. The molecule has 0 radical (unpaired) electrons. The molecule has 0 saturated carbocycles. The van der Waals surface area contributed by atoms with E-state index in [4.69, 9.17) is 21.0 Å². The van der Waals surface area contributed by atoms with Crippen molar-refractivity contribution in [2.45, 2.75) is 32.6 Å². The lowest BCUT2D eigenvalue weighted by Crippen LogP contribution is -2.31. The van der Waals surface area contributed by atoms with Crippen LogP contribution in [0.25, 0.3) is 0 Å². The van der Waals surface area contributed by atoms with Gasteiger partial charge in [0.05, 0.1) is 50.0 Å². The first-order valence-corrected chi connectivity index (χ1v) is 7.86. The standard InChI is InChI=1S/C16H19N9/c1-14-21-15(24(10-2-6-17)11-3-7-18)23-16(22-14)25(12-4-8-19)13-5-9-20/h2-5,10-13H2,1H3. The van der Waals surface area contributed by atoms with Crippen molar-refractivity contribution in [3.8, 4) is 24.3 Å². The SMILES string of the molecule is Cc1nc(N(CCC#N)CCC#N)nc(N(CCC#N)CCC#N)n1. The summed E-state index contributed by atoms with van der Waals surface area (Å²) >= 11 is 0. The Hall–Kier alpha value is -3.43. The van der Waals surface area contributed by atoms with Crippen molar-refractivity contribution >= 4 is 11.9 Å². The summed E-state index contributed by atoms with van der Waals surface area (Å²) in [5.74, 6) is 1.29. The molecule has 25 heavy (non-hydrogen) atoms. The predicted octanol–water partition coefficient (Wildman–Crippen LogP) is 1.45. The number of nitriles is 4. The molecule has 0 spiro atoms. The van der Waals surface area contributed by atoms with E-state index in [0.29, 0.717) is 43.9 Å².